The van der Waals surface area contributed by atoms with Crippen LogP contribution in [0.15, 0.2) is 5.16 Å². The summed E-state index contributed by atoms with van der Waals surface area (Å²) in [6.07, 6.45) is 4.04. The molecule has 0 N–H and O–H groups in total. The maximum Gasteiger partial charge on any atom is 0.177 e. The van der Waals surface area contributed by atoms with Gasteiger partial charge in [-0.1, -0.05) is 5.16 Å². The lowest BCUT2D eigenvalue weighted by molar-refractivity contribution is -0.111. The van der Waals surface area contributed by atoms with Gasteiger partial charge < -0.3 is 4.84 Å². The number of carbonyl (C=O) groups excluding carboxylic acids is 1. The summed E-state index contributed by atoms with van der Waals surface area (Å²) in [5.41, 5.74) is 0.706. The molecule has 13 heavy (non-hydrogen) atoms. The number of hydrogen-bond donors (Lipinski definition) is 0. The second-order valence-electron chi connectivity index (χ2n) is 4.46. The van der Waals surface area contributed by atoms with Gasteiger partial charge in [0.05, 0.1) is 5.92 Å². The molecular formula is C10H13NO2. The van der Waals surface area contributed by atoms with E-state index in [9.17, 15) is 4.79 Å². The van der Waals surface area contributed by atoms with Crippen molar-refractivity contribution >= 4 is 11.5 Å². The van der Waals surface area contributed by atoms with Crippen molar-refractivity contribution in [3.8, 4) is 0 Å². The van der Waals surface area contributed by atoms with Gasteiger partial charge in [-0.25, -0.2) is 0 Å². The highest BCUT2D eigenvalue weighted by Crippen LogP contribution is 2.52. The highest BCUT2D eigenvalue weighted by atomic mass is 16.6. The second-order valence-corrected chi connectivity index (χ2v) is 4.46. The average Bonchev–Trinajstić information content (AvgIpc) is 2.76. The monoisotopic (exact) mass is 179 g/mol. The number of fused-ring (bicyclic) bond motifs is 5. The molecule has 1 heterocycles. The van der Waals surface area contributed by atoms with E-state index in [1.165, 1.54) is 19.3 Å². The molecule has 0 saturated heterocycles. The molecule has 1 aliphatic heterocycles. The van der Waals surface area contributed by atoms with Crippen molar-refractivity contribution in [1.82, 2.24) is 0 Å². The predicted octanol–water partition coefficient (Wildman–Crippen LogP) is 1.38. The maximum absolute atomic E-state index is 11.3. The Kier molecular flexibility index (Phi) is 1.35. The average molecular weight is 179 g/mol. The highest BCUT2D eigenvalue weighted by Gasteiger charge is 2.55. The van der Waals surface area contributed by atoms with Crippen molar-refractivity contribution in [2.45, 2.75) is 32.3 Å². The Morgan fingerprint density at radius 2 is 2.23 bits per heavy atom. The summed E-state index contributed by atoms with van der Waals surface area (Å²) in [4.78, 5) is 16.6. The molecule has 3 aliphatic rings. The molecule has 0 aromatic rings. The summed E-state index contributed by atoms with van der Waals surface area (Å²) in [5.74, 6) is 1.80. The van der Waals surface area contributed by atoms with Crippen molar-refractivity contribution in [2.75, 3.05) is 0 Å². The van der Waals surface area contributed by atoms with Gasteiger partial charge in [0.1, 0.15) is 11.8 Å². The zero-order valence-corrected chi connectivity index (χ0v) is 7.69. The lowest BCUT2D eigenvalue weighted by Crippen LogP contribution is -2.32. The summed E-state index contributed by atoms with van der Waals surface area (Å²) >= 11 is 0. The molecule has 4 atom stereocenters. The minimum absolute atomic E-state index is 0.0973. The van der Waals surface area contributed by atoms with Gasteiger partial charge in [-0.3, -0.25) is 4.79 Å². The summed E-state index contributed by atoms with van der Waals surface area (Å²) in [5, 5.41) is 3.93. The molecule has 2 saturated carbocycles. The molecule has 0 amide bonds. The van der Waals surface area contributed by atoms with Gasteiger partial charge in [0.2, 0.25) is 0 Å². The van der Waals surface area contributed by atoms with Crippen LogP contribution in [0, 0.1) is 17.8 Å². The molecule has 2 bridgehead atoms. The Morgan fingerprint density at radius 3 is 3.00 bits per heavy atom. The van der Waals surface area contributed by atoms with E-state index >= 15 is 0 Å². The van der Waals surface area contributed by atoms with E-state index in [0.717, 1.165) is 0 Å². The maximum atomic E-state index is 11.3. The van der Waals surface area contributed by atoms with Crippen LogP contribution in [0.2, 0.25) is 0 Å². The lowest BCUT2D eigenvalue weighted by atomic mass is 9.82. The zero-order valence-electron chi connectivity index (χ0n) is 7.69. The van der Waals surface area contributed by atoms with Gasteiger partial charge >= 0.3 is 0 Å². The van der Waals surface area contributed by atoms with Gasteiger partial charge in [-0.15, -0.1) is 0 Å². The highest BCUT2D eigenvalue weighted by molar-refractivity contribution is 6.40. The van der Waals surface area contributed by atoms with Crippen LogP contribution in [0.3, 0.4) is 0 Å². The van der Waals surface area contributed by atoms with Crippen LogP contribution in [0.4, 0.5) is 0 Å². The zero-order chi connectivity index (χ0) is 9.00. The molecule has 3 rings (SSSR count). The van der Waals surface area contributed by atoms with Gasteiger partial charge in [-0.2, -0.15) is 0 Å². The molecule has 70 valence electrons. The SMILES string of the molecule is CC(=O)C1=NO[C@H]2[C@@H]3CC[C@@H](C3)[C@@H]12. The van der Waals surface area contributed by atoms with E-state index in [-0.39, 0.29) is 11.9 Å². The largest absolute Gasteiger partial charge is 0.391 e. The summed E-state index contributed by atoms with van der Waals surface area (Å²) in [6.45, 7) is 1.59. The first-order valence-electron chi connectivity index (χ1n) is 5.02. The van der Waals surface area contributed by atoms with Gasteiger partial charge in [0.25, 0.3) is 0 Å². The first kappa shape index (κ1) is 7.54. The fourth-order valence-corrected chi connectivity index (χ4v) is 3.25. The number of carbonyl (C=O) groups is 1. The third kappa shape index (κ3) is 0.847. The van der Waals surface area contributed by atoms with Crippen LogP contribution in [0.1, 0.15) is 26.2 Å². The molecule has 3 nitrogen and oxygen atoms in total. The topological polar surface area (TPSA) is 38.7 Å². The third-order valence-electron chi connectivity index (χ3n) is 3.79. The van der Waals surface area contributed by atoms with Crippen molar-refractivity contribution in [1.29, 1.82) is 0 Å². The molecule has 0 radical (unpaired) electrons. The number of rotatable bonds is 1. The van der Waals surface area contributed by atoms with Crippen molar-refractivity contribution in [3.05, 3.63) is 0 Å². The first-order chi connectivity index (χ1) is 6.27. The fraction of sp³-hybridized carbons (Fsp3) is 0.800. The van der Waals surface area contributed by atoms with Crippen LogP contribution in [0.25, 0.3) is 0 Å². The standard InChI is InChI=1S/C10H13NO2/c1-5(12)9-8-6-2-3-7(4-6)10(8)13-11-9/h6-8,10H,2-4H2,1H3/t6-,7+,8-,10-/m0/s1. The van der Waals surface area contributed by atoms with E-state index in [0.29, 0.717) is 23.5 Å². The van der Waals surface area contributed by atoms with E-state index in [1.54, 1.807) is 6.92 Å². The van der Waals surface area contributed by atoms with Gasteiger partial charge in [0.15, 0.2) is 5.78 Å². The van der Waals surface area contributed by atoms with Crippen LogP contribution >= 0.6 is 0 Å². The minimum Gasteiger partial charge on any atom is -0.391 e. The van der Waals surface area contributed by atoms with Crippen LogP contribution in [0.5, 0.6) is 0 Å². The third-order valence-corrected chi connectivity index (χ3v) is 3.79. The van der Waals surface area contributed by atoms with Crippen molar-refractivity contribution in [3.63, 3.8) is 0 Å². The number of oxime groups is 1. The smallest absolute Gasteiger partial charge is 0.177 e. The molecule has 0 aromatic carbocycles. The lowest BCUT2D eigenvalue weighted by Gasteiger charge is -2.21. The Hall–Kier alpha value is -0.860. The van der Waals surface area contributed by atoms with E-state index in [1.807, 2.05) is 0 Å². The Bertz CT molecular complexity index is 297. The van der Waals surface area contributed by atoms with Gasteiger partial charge in [-0.05, 0) is 31.1 Å². The molecule has 0 aromatic heterocycles. The molecule has 0 spiro atoms. The quantitative estimate of drug-likeness (QED) is 0.610. The Labute approximate surface area is 77.1 Å². The van der Waals surface area contributed by atoms with Crippen molar-refractivity contribution < 1.29 is 9.63 Å². The molecule has 2 aliphatic carbocycles. The normalized spacial score (nSPS) is 45.8. The number of nitrogens with zero attached hydrogens (tertiary/aromatic N) is 1. The summed E-state index contributed by atoms with van der Waals surface area (Å²) < 4.78 is 0. The summed E-state index contributed by atoms with van der Waals surface area (Å²) in [6, 6.07) is 0. The van der Waals surface area contributed by atoms with E-state index in [4.69, 9.17) is 4.84 Å². The first-order valence-corrected chi connectivity index (χ1v) is 5.02. The molecular weight excluding hydrogens is 166 g/mol. The Morgan fingerprint density at radius 1 is 1.46 bits per heavy atom. The molecule has 0 unspecified atom stereocenters. The number of Topliss-reactive ketones (excluding diaryl/α,β-unsaturated/α-hetero) is 1. The predicted molar refractivity (Wildman–Crippen MR) is 47.3 cm³/mol. The van der Waals surface area contributed by atoms with Gasteiger partial charge in [0, 0.05) is 6.92 Å². The minimum atomic E-state index is 0.0973. The van der Waals surface area contributed by atoms with Crippen LogP contribution in [-0.2, 0) is 9.63 Å². The van der Waals surface area contributed by atoms with E-state index in [2.05, 4.69) is 5.16 Å². The van der Waals surface area contributed by atoms with Crippen molar-refractivity contribution in [2.24, 2.45) is 22.9 Å². The van der Waals surface area contributed by atoms with Crippen LogP contribution < -0.4 is 0 Å². The second kappa shape index (κ2) is 2.34. The number of hydrogen-bond acceptors (Lipinski definition) is 3. The fourth-order valence-electron chi connectivity index (χ4n) is 3.25. The Balaban J connectivity index is 1.93. The molecule has 2 fully saturated rings. The summed E-state index contributed by atoms with van der Waals surface area (Å²) in [7, 11) is 0. The van der Waals surface area contributed by atoms with E-state index < -0.39 is 0 Å². The number of ketones is 1. The molecule has 3 heteroatoms. The van der Waals surface area contributed by atoms with Crippen LogP contribution in [-0.4, -0.2) is 17.6 Å².